The van der Waals surface area contributed by atoms with Crippen molar-refractivity contribution in [3.8, 4) is 0 Å². The first-order valence-corrected chi connectivity index (χ1v) is 18.3. The Balaban J connectivity index is 5.65. The molecule has 0 saturated heterocycles. The van der Waals surface area contributed by atoms with Crippen LogP contribution in [0.15, 0.2) is 11.8 Å². The van der Waals surface area contributed by atoms with Crippen LogP contribution in [-0.4, -0.2) is 43.1 Å². The van der Waals surface area contributed by atoms with Crippen molar-refractivity contribution >= 4 is 36.8 Å². The van der Waals surface area contributed by atoms with E-state index in [1.165, 1.54) is 13.0 Å². The summed E-state index contributed by atoms with van der Waals surface area (Å²) in [5.74, 6) is -0.772. The molecular formula is C15H33NO5Si3. The smallest absolute Gasteiger partial charge is 0.319 e. The van der Waals surface area contributed by atoms with Crippen LogP contribution < -0.4 is 5.32 Å². The lowest BCUT2D eigenvalue weighted by atomic mass is 10.4. The lowest BCUT2D eigenvalue weighted by Gasteiger charge is -2.33. The van der Waals surface area contributed by atoms with Crippen molar-refractivity contribution in [1.29, 1.82) is 0 Å². The molecule has 0 unspecified atom stereocenters. The van der Waals surface area contributed by atoms with E-state index in [9.17, 15) is 9.59 Å². The van der Waals surface area contributed by atoms with Gasteiger partial charge in [-0.3, -0.25) is 4.79 Å². The number of amides is 1. The molecule has 0 fully saturated rings. The van der Waals surface area contributed by atoms with Crippen LogP contribution in [-0.2, 0) is 22.9 Å². The van der Waals surface area contributed by atoms with Crippen molar-refractivity contribution in [2.75, 3.05) is 0 Å². The molecule has 1 N–H and O–H groups in total. The van der Waals surface area contributed by atoms with Crippen LogP contribution in [0.2, 0.25) is 58.9 Å². The number of hydrogen-bond acceptors (Lipinski definition) is 5. The fourth-order valence-electron chi connectivity index (χ4n) is 1.62. The molecule has 0 rings (SSSR count). The van der Waals surface area contributed by atoms with Gasteiger partial charge in [0.15, 0.2) is 22.9 Å². The van der Waals surface area contributed by atoms with Gasteiger partial charge >= 0.3 is 5.97 Å². The van der Waals surface area contributed by atoms with Crippen molar-refractivity contribution in [1.82, 2.24) is 5.32 Å². The molecule has 24 heavy (non-hydrogen) atoms. The monoisotopic (exact) mass is 392 g/mol. The van der Waals surface area contributed by atoms with Gasteiger partial charge in [0.1, 0.15) is 0 Å². The molecule has 0 atom stereocenters. The number of hydrogen-bond donors (Lipinski definition) is 1. The highest BCUT2D eigenvalue weighted by molar-refractivity contribution is 6.71. The average Bonchev–Trinajstić information content (AvgIpc) is 2.19. The number of carbonyl (C=O) groups excluding carboxylic acids is 2. The highest BCUT2D eigenvalue weighted by atomic mass is 28.4. The van der Waals surface area contributed by atoms with E-state index in [-0.39, 0.29) is 5.91 Å². The van der Waals surface area contributed by atoms with Gasteiger partial charge in [-0.15, -0.1) is 0 Å². The van der Waals surface area contributed by atoms with Gasteiger partial charge in [-0.05, 0) is 58.9 Å². The van der Waals surface area contributed by atoms with Gasteiger partial charge in [0.25, 0.3) is 0 Å². The Labute approximate surface area is 149 Å². The van der Waals surface area contributed by atoms with Gasteiger partial charge < -0.3 is 18.6 Å². The first-order valence-electron chi connectivity index (χ1n) is 8.06. The summed E-state index contributed by atoms with van der Waals surface area (Å²) < 4.78 is 17.6. The zero-order valence-electron chi connectivity index (χ0n) is 16.7. The fourth-order valence-corrected chi connectivity index (χ4v) is 4.01. The molecule has 0 aliphatic carbocycles. The molecule has 9 heteroatoms. The molecule has 0 aromatic heterocycles. The second kappa shape index (κ2) is 8.57. The van der Waals surface area contributed by atoms with E-state index in [1.54, 1.807) is 0 Å². The minimum atomic E-state index is -2.03. The van der Waals surface area contributed by atoms with Crippen LogP contribution in [0.5, 0.6) is 0 Å². The molecule has 0 spiro atoms. The predicted molar refractivity (Wildman–Crippen MR) is 104 cm³/mol. The SMILES string of the molecule is CC(=O)[15NH]/C(=C/C(=O)O[Si](C)(C)C)C(O[Si](C)(C)C)O[Si](C)(C)C. The summed E-state index contributed by atoms with van der Waals surface area (Å²) >= 11 is 0. The molecule has 1 amide bonds. The normalized spacial score (nSPS) is 13.9. The third kappa shape index (κ3) is 12.6. The van der Waals surface area contributed by atoms with E-state index in [1.807, 2.05) is 58.9 Å². The lowest BCUT2D eigenvalue weighted by molar-refractivity contribution is -0.129. The maximum Gasteiger partial charge on any atom is 0.319 e. The largest absolute Gasteiger partial charge is 0.517 e. The maximum absolute atomic E-state index is 12.2. The second-order valence-corrected chi connectivity index (χ2v) is 22.0. The van der Waals surface area contributed by atoms with Gasteiger partial charge in [0, 0.05) is 13.0 Å². The van der Waals surface area contributed by atoms with Crippen molar-refractivity contribution in [2.45, 2.75) is 72.1 Å². The minimum Gasteiger partial charge on any atom is -0.517 e. The molecule has 0 bridgehead atoms. The third-order valence-corrected chi connectivity index (χ3v) is 4.83. The van der Waals surface area contributed by atoms with E-state index in [4.69, 9.17) is 13.3 Å². The summed E-state index contributed by atoms with van der Waals surface area (Å²) in [6.07, 6.45) is 0.506. The quantitative estimate of drug-likeness (QED) is 0.296. The summed E-state index contributed by atoms with van der Waals surface area (Å²) in [5, 5.41) is 2.67. The molecule has 0 aromatic rings. The van der Waals surface area contributed by atoms with Crippen LogP contribution in [0.25, 0.3) is 0 Å². The van der Waals surface area contributed by atoms with Crippen LogP contribution in [0.1, 0.15) is 6.92 Å². The van der Waals surface area contributed by atoms with Gasteiger partial charge in [-0.1, -0.05) is 0 Å². The van der Waals surface area contributed by atoms with E-state index in [0.717, 1.165) is 0 Å². The summed E-state index contributed by atoms with van der Waals surface area (Å²) in [6.45, 7) is 19.3. The maximum atomic E-state index is 12.2. The third-order valence-electron chi connectivity index (χ3n) is 2.18. The van der Waals surface area contributed by atoms with Crippen molar-refractivity contribution in [3.63, 3.8) is 0 Å². The lowest BCUT2D eigenvalue weighted by Crippen LogP contribution is -2.44. The van der Waals surface area contributed by atoms with Crippen LogP contribution in [0.3, 0.4) is 0 Å². The van der Waals surface area contributed by atoms with Crippen LogP contribution in [0, 0.1) is 0 Å². The van der Waals surface area contributed by atoms with E-state index in [0.29, 0.717) is 5.70 Å². The molecular weight excluding hydrogens is 359 g/mol. The van der Waals surface area contributed by atoms with Gasteiger partial charge in [-0.25, -0.2) is 4.79 Å². The van der Waals surface area contributed by atoms with Gasteiger partial charge in [-0.2, -0.15) is 0 Å². The molecule has 0 aromatic carbocycles. The number of rotatable bonds is 8. The topological polar surface area (TPSA) is 73.9 Å². The Morgan fingerprint density at radius 1 is 0.833 bits per heavy atom. The number of carbonyl (C=O) groups is 2. The highest BCUT2D eigenvalue weighted by Crippen LogP contribution is 2.19. The Morgan fingerprint density at radius 3 is 1.54 bits per heavy atom. The Hall–Kier alpha value is -0.749. The van der Waals surface area contributed by atoms with Crippen molar-refractivity contribution < 1.29 is 22.9 Å². The summed E-state index contributed by atoms with van der Waals surface area (Å²) in [7, 11) is -5.97. The molecule has 0 saturated carbocycles. The Morgan fingerprint density at radius 2 is 1.25 bits per heavy atom. The minimum absolute atomic E-state index is 0.287. The van der Waals surface area contributed by atoms with E-state index >= 15 is 0 Å². The molecule has 140 valence electrons. The van der Waals surface area contributed by atoms with Crippen molar-refractivity contribution in [3.05, 3.63) is 11.8 Å². The Kier molecular flexibility index (Phi) is 8.30. The predicted octanol–water partition coefficient (Wildman–Crippen LogP) is 3.41. The fraction of sp³-hybridized carbons (Fsp3) is 0.733. The standard InChI is InChI=1S/C15H33NO5Si3/c1-12(17)16-13(11-14(18)19-22(2,3)4)15(20-23(5,6)7)21-24(8,9)10/h11,15H,1-10H3,(H,16,17)/b13-11+/i16+1. The second-order valence-electron chi connectivity index (χ2n) is 8.61. The summed E-state index contributed by atoms with van der Waals surface area (Å²) in [6, 6.07) is 0. The first-order chi connectivity index (χ1) is 10.5. The van der Waals surface area contributed by atoms with Gasteiger partial charge in [0.05, 0.1) is 5.70 Å². The Bertz CT molecular complexity index is 471. The average molecular weight is 393 g/mol. The number of nitrogens with one attached hydrogen (secondary N) is 1. The summed E-state index contributed by atoms with van der Waals surface area (Å²) in [5.41, 5.74) is 0.301. The molecule has 0 heterocycles. The zero-order chi connectivity index (χ0) is 19.3. The van der Waals surface area contributed by atoms with Crippen LogP contribution in [0.4, 0.5) is 0 Å². The van der Waals surface area contributed by atoms with Crippen LogP contribution >= 0.6 is 0 Å². The highest BCUT2D eigenvalue weighted by Gasteiger charge is 2.31. The van der Waals surface area contributed by atoms with E-state index in [2.05, 4.69) is 5.32 Å². The molecule has 0 radical (unpaired) electrons. The van der Waals surface area contributed by atoms with E-state index < -0.39 is 37.2 Å². The molecule has 0 aliphatic heterocycles. The molecule has 6 nitrogen and oxygen atoms in total. The molecule has 0 aliphatic rings. The van der Waals surface area contributed by atoms with Crippen molar-refractivity contribution in [2.24, 2.45) is 0 Å². The zero-order valence-corrected chi connectivity index (χ0v) is 19.7. The summed E-state index contributed by atoms with van der Waals surface area (Å²) in [4.78, 5) is 23.8. The van der Waals surface area contributed by atoms with Gasteiger partial charge in [0.2, 0.25) is 14.2 Å². The first kappa shape index (κ1) is 23.3.